The fourth-order valence-corrected chi connectivity index (χ4v) is 4.63. The summed E-state index contributed by atoms with van der Waals surface area (Å²) >= 11 is 0. The summed E-state index contributed by atoms with van der Waals surface area (Å²) in [5.74, 6) is 1.21. The fraction of sp³-hybridized carbons (Fsp3) is 0.692. The van der Waals surface area contributed by atoms with Crippen molar-refractivity contribution in [3.63, 3.8) is 0 Å². The molecule has 6 heteroatoms. The van der Waals surface area contributed by atoms with E-state index >= 15 is 0 Å². The summed E-state index contributed by atoms with van der Waals surface area (Å²) in [6.07, 6.45) is 4.60. The van der Waals surface area contributed by atoms with Gasteiger partial charge in [0.1, 0.15) is 5.60 Å². The minimum absolute atomic E-state index is 0.0899. The van der Waals surface area contributed by atoms with E-state index in [1.165, 1.54) is 31.5 Å². The van der Waals surface area contributed by atoms with Crippen molar-refractivity contribution in [3.8, 4) is 0 Å². The van der Waals surface area contributed by atoms with Crippen LogP contribution in [0.2, 0.25) is 0 Å². The van der Waals surface area contributed by atoms with Gasteiger partial charge in [0.15, 0.2) is 0 Å². The minimum Gasteiger partial charge on any atom is -0.444 e. The smallest absolute Gasteiger partial charge is 0.410 e. The van der Waals surface area contributed by atoms with Gasteiger partial charge in [0.25, 0.3) is 0 Å². The Balaban J connectivity index is 1.35. The van der Waals surface area contributed by atoms with E-state index < -0.39 is 5.60 Å². The van der Waals surface area contributed by atoms with Crippen LogP contribution in [0.5, 0.6) is 0 Å². The zero-order chi connectivity index (χ0) is 23.1. The van der Waals surface area contributed by atoms with Crippen molar-refractivity contribution in [2.24, 2.45) is 11.8 Å². The number of nitrogens with one attached hydrogen (secondary N) is 1. The van der Waals surface area contributed by atoms with Crippen molar-refractivity contribution in [1.29, 1.82) is 0 Å². The highest BCUT2D eigenvalue weighted by Crippen LogP contribution is 2.22. The Morgan fingerprint density at radius 1 is 1.03 bits per heavy atom. The van der Waals surface area contributed by atoms with Crippen LogP contribution in [0.4, 0.5) is 4.79 Å². The maximum Gasteiger partial charge on any atom is 0.410 e. The molecule has 178 valence electrons. The monoisotopic (exact) mass is 443 g/mol. The lowest BCUT2D eigenvalue weighted by Crippen LogP contribution is -2.42. The summed E-state index contributed by atoms with van der Waals surface area (Å²) in [4.78, 5) is 28.9. The van der Waals surface area contributed by atoms with Gasteiger partial charge in [-0.15, -0.1) is 0 Å². The Hall–Kier alpha value is -2.08. The zero-order valence-corrected chi connectivity index (χ0v) is 20.4. The first-order chi connectivity index (χ1) is 15.2. The molecule has 2 amide bonds. The predicted molar refractivity (Wildman–Crippen MR) is 127 cm³/mol. The molecular weight excluding hydrogens is 402 g/mol. The summed E-state index contributed by atoms with van der Waals surface area (Å²) in [5.41, 5.74) is 2.00. The topological polar surface area (TPSA) is 61.9 Å². The van der Waals surface area contributed by atoms with Gasteiger partial charge in [0, 0.05) is 39.1 Å². The number of benzene rings is 1. The van der Waals surface area contributed by atoms with Crippen molar-refractivity contribution < 1.29 is 14.3 Å². The van der Waals surface area contributed by atoms with Crippen LogP contribution in [-0.4, -0.2) is 53.6 Å². The van der Waals surface area contributed by atoms with Crippen LogP contribution in [0.1, 0.15) is 70.9 Å². The molecule has 0 saturated carbocycles. The highest BCUT2D eigenvalue weighted by molar-refractivity contribution is 5.76. The lowest BCUT2D eigenvalue weighted by atomic mass is 9.93. The molecule has 2 aliphatic rings. The Morgan fingerprint density at radius 3 is 2.31 bits per heavy atom. The van der Waals surface area contributed by atoms with Gasteiger partial charge in [-0.3, -0.25) is 9.69 Å². The number of piperidine rings is 2. The van der Waals surface area contributed by atoms with Crippen LogP contribution < -0.4 is 5.32 Å². The maximum atomic E-state index is 12.4. The number of nitrogens with zero attached hydrogens (tertiary/aromatic N) is 2. The maximum absolute atomic E-state index is 12.4. The standard InChI is InChI=1S/C26H41N3O3/c1-20-6-5-13-28(18-20)19-23-9-7-22(8-10-23)17-27-24(30)16-21-11-14-29(15-12-21)25(31)32-26(2,3)4/h7-10,20-21H,5-6,11-19H2,1-4H3,(H,27,30). The molecular formula is C26H41N3O3. The third-order valence-electron chi connectivity index (χ3n) is 6.40. The van der Waals surface area contributed by atoms with Crippen LogP contribution >= 0.6 is 0 Å². The Kier molecular flexibility index (Phi) is 8.57. The Bertz CT molecular complexity index is 749. The van der Waals surface area contributed by atoms with Gasteiger partial charge in [-0.25, -0.2) is 4.79 Å². The second-order valence-corrected chi connectivity index (χ2v) is 10.7. The lowest BCUT2D eigenvalue weighted by molar-refractivity contribution is -0.122. The van der Waals surface area contributed by atoms with Gasteiger partial charge < -0.3 is 15.0 Å². The first-order valence-electron chi connectivity index (χ1n) is 12.2. The Labute approximate surface area is 193 Å². The second kappa shape index (κ2) is 11.2. The molecule has 0 spiro atoms. The van der Waals surface area contributed by atoms with Crippen LogP contribution in [0, 0.1) is 11.8 Å². The number of carbonyl (C=O) groups is 2. The predicted octanol–water partition coefficient (Wildman–Crippen LogP) is 4.57. The van der Waals surface area contributed by atoms with Gasteiger partial charge in [-0.05, 0) is 76.0 Å². The lowest BCUT2D eigenvalue weighted by Gasteiger charge is -2.33. The number of hydrogen-bond acceptors (Lipinski definition) is 4. The van der Waals surface area contributed by atoms with E-state index in [-0.39, 0.29) is 12.0 Å². The van der Waals surface area contributed by atoms with Gasteiger partial charge in [-0.1, -0.05) is 31.2 Å². The van der Waals surface area contributed by atoms with Crippen molar-refractivity contribution in [2.45, 2.75) is 78.5 Å². The molecule has 1 unspecified atom stereocenters. The molecule has 3 rings (SSSR count). The molecule has 0 aromatic heterocycles. The summed E-state index contributed by atoms with van der Waals surface area (Å²) in [6.45, 7) is 13.2. The van der Waals surface area contributed by atoms with Crippen molar-refractivity contribution in [3.05, 3.63) is 35.4 Å². The van der Waals surface area contributed by atoms with Gasteiger partial charge in [-0.2, -0.15) is 0 Å². The SMILES string of the molecule is CC1CCCN(Cc2ccc(CNC(=O)CC3CCN(C(=O)OC(C)(C)C)CC3)cc2)C1. The largest absolute Gasteiger partial charge is 0.444 e. The molecule has 0 bridgehead atoms. The van der Waals surface area contributed by atoms with Crippen LogP contribution in [0.25, 0.3) is 0 Å². The number of likely N-dealkylation sites (tertiary alicyclic amines) is 2. The van der Waals surface area contributed by atoms with Gasteiger partial charge in [0.05, 0.1) is 0 Å². The highest BCUT2D eigenvalue weighted by Gasteiger charge is 2.27. The third-order valence-corrected chi connectivity index (χ3v) is 6.40. The minimum atomic E-state index is -0.474. The third kappa shape index (κ3) is 8.12. The molecule has 6 nitrogen and oxygen atoms in total. The summed E-state index contributed by atoms with van der Waals surface area (Å²) in [5, 5.41) is 3.06. The van der Waals surface area contributed by atoms with Crippen LogP contribution in [0.15, 0.2) is 24.3 Å². The molecule has 2 heterocycles. The summed E-state index contributed by atoms with van der Waals surface area (Å²) < 4.78 is 5.44. The first-order valence-corrected chi connectivity index (χ1v) is 12.2. The average molecular weight is 444 g/mol. The number of ether oxygens (including phenoxy) is 1. The molecule has 2 saturated heterocycles. The van der Waals surface area contributed by atoms with Crippen LogP contribution in [-0.2, 0) is 22.6 Å². The number of carbonyl (C=O) groups excluding carboxylic acids is 2. The van der Waals surface area contributed by atoms with Crippen molar-refractivity contribution >= 4 is 12.0 Å². The number of hydrogen-bond donors (Lipinski definition) is 1. The molecule has 1 aromatic rings. The molecule has 32 heavy (non-hydrogen) atoms. The molecule has 1 N–H and O–H groups in total. The first kappa shape index (κ1) is 24.6. The van der Waals surface area contributed by atoms with Gasteiger partial charge in [0.2, 0.25) is 5.91 Å². The van der Waals surface area contributed by atoms with Crippen molar-refractivity contribution in [1.82, 2.24) is 15.1 Å². The van der Waals surface area contributed by atoms with Crippen LogP contribution in [0.3, 0.4) is 0 Å². The number of amides is 2. The summed E-state index contributed by atoms with van der Waals surface area (Å²) in [7, 11) is 0. The molecule has 2 aliphatic heterocycles. The fourth-order valence-electron chi connectivity index (χ4n) is 4.63. The normalized spacial score (nSPS) is 20.8. The molecule has 0 aliphatic carbocycles. The molecule has 2 fully saturated rings. The van der Waals surface area contributed by atoms with E-state index in [9.17, 15) is 9.59 Å². The molecule has 0 radical (unpaired) electrons. The average Bonchev–Trinajstić information content (AvgIpc) is 2.72. The van der Waals surface area contributed by atoms with E-state index in [2.05, 4.69) is 41.4 Å². The number of rotatable bonds is 6. The highest BCUT2D eigenvalue weighted by atomic mass is 16.6. The summed E-state index contributed by atoms with van der Waals surface area (Å²) in [6, 6.07) is 8.63. The quantitative estimate of drug-likeness (QED) is 0.699. The van der Waals surface area contributed by atoms with E-state index in [4.69, 9.17) is 4.74 Å². The van der Waals surface area contributed by atoms with E-state index in [0.29, 0.717) is 32.0 Å². The van der Waals surface area contributed by atoms with E-state index in [1.807, 2.05) is 20.8 Å². The second-order valence-electron chi connectivity index (χ2n) is 10.7. The molecule has 1 aromatic carbocycles. The molecule has 1 atom stereocenters. The Morgan fingerprint density at radius 2 is 1.69 bits per heavy atom. The zero-order valence-electron chi connectivity index (χ0n) is 20.4. The van der Waals surface area contributed by atoms with Crippen molar-refractivity contribution in [2.75, 3.05) is 26.2 Å². The van der Waals surface area contributed by atoms with E-state index in [1.54, 1.807) is 4.90 Å². The van der Waals surface area contributed by atoms with Gasteiger partial charge >= 0.3 is 6.09 Å². The van der Waals surface area contributed by atoms with E-state index in [0.717, 1.165) is 30.9 Å².